The van der Waals surface area contributed by atoms with Gasteiger partial charge in [-0.1, -0.05) is 0 Å². The van der Waals surface area contributed by atoms with Crippen LogP contribution < -0.4 is 0 Å². The van der Waals surface area contributed by atoms with Crippen LogP contribution in [0.1, 0.15) is 7.06 Å². The zero-order valence-electron chi connectivity index (χ0n) is 4.83. The van der Waals surface area contributed by atoms with Gasteiger partial charge in [-0.3, -0.25) is 9.97 Å². The number of aryl methyl sites for hydroxylation is 1. The lowest BCUT2D eigenvalue weighted by Crippen LogP contribution is -1.77. The predicted octanol–water partition coefficient (Wildman–Crippen LogP) is 0.785. The molecule has 2 nitrogen and oxygen atoms in total. The van der Waals surface area contributed by atoms with Gasteiger partial charge in [0.15, 0.2) is 0 Å². The van der Waals surface area contributed by atoms with Crippen molar-refractivity contribution in [1.29, 1.82) is 0 Å². The zero-order chi connectivity index (χ0) is 5.82. The fourth-order valence-electron chi connectivity index (χ4n) is 0.330. The van der Waals surface area contributed by atoms with E-state index in [9.17, 15) is 0 Å². The summed E-state index contributed by atoms with van der Waals surface area (Å²) >= 11 is 0. The van der Waals surface area contributed by atoms with Crippen molar-refractivity contribution in [3.05, 3.63) is 24.3 Å². The topological polar surface area (TPSA) is 25.8 Å². The van der Waals surface area contributed by atoms with Crippen LogP contribution in [-0.4, -0.2) is 9.97 Å². The molecule has 1 aromatic heterocycles. The van der Waals surface area contributed by atoms with Gasteiger partial charge in [0.2, 0.25) is 0 Å². The van der Waals surface area contributed by atoms with Crippen LogP contribution in [0.4, 0.5) is 0 Å². The highest BCUT2D eigenvalue weighted by molar-refractivity contribution is 4.88. The van der Waals surface area contributed by atoms with Gasteiger partial charge in [0.1, 0.15) is 0 Å². The van der Waals surface area contributed by atoms with E-state index in [4.69, 9.17) is 1.37 Å². The van der Waals surface area contributed by atoms with Gasteiger partial charge in [-0.2, -0.15) is 0 Å². The Balaban J connectivity index is 2.83. The van der Waals surface area contributed by atoms with Crippen LogP contribution in [0.5, 0.6) is 0 Å². The van der Waals surface area contributed by atoms with Gasteiger partial charge in [0.25, 0.3) is 0 Å². The minimum atomic E-state index is 0.216. The third-order valence-electron chi connectivity index (χ3n) is 0.617. The first kappa shape index (κ1) is 3.13. The van der Waals surface area contributed by atoms with Crippen LogP contribution >= 0.6 is 0 Å². The second kappa shape index (κ2) is 1.69. The molecule has 0 saturated carbocycles. The Morgan fingerprint density at radius 2 is 2.71 bits per heavy atom. The van der Waals surface area contributed by atoms with E-state index in [1.807, 2.05) is 0 Å². The van der Waals surface area contributed by atoms with Crippen LogP contribution in [-0.2, 0) is 0 Å². The van der Waals surface area contributed by atoms with Crippen molar-refractivity contribution in [3.8, 4) is 0 Å². The second-order valence-electron chi connectivity index (χ2n) is 1.20. The van der Waals surface area contributed by atoms with Gasteiger partial charge in [0.05, 0.1) is 5.69 Å². The predicted molar refractivity (Wildman–Crippen MR) is 26.8 cm³/mol. The maximum atomic E-state index is 6.84. The molecular weight excluding hydrogens is 88.1 g/mol. The summed E-state index contributed by atoms with van der Waals surface area (Å²) in [4.78, 5) is 7.62. The Labute approximate surface area is 43.6 Å². The summed E-state index contributed by atoms with van der Waals surface area (Å²) in [6.07, 6.45) is 4.77. The Bertz CT molecular complexity index is 152. The van der Waals surface area contributed by atoms with E-state index in [1.54, 1.807) is 18.6 Å². The first-order valence-corrected chi connectivity index (χ1v) is 1.97. The molecule has 0 radical (unpaired) electrons. The van der Waals surface area contributed by atoms with Crippen molar-refractivity contribution in [2.75, 3.05) is 0 Å². The average Bonchev–Trinajstić information content (AvgIpc) is 1.90. The molecule has 2 heteroatoms. The molecule has 7 heavy (non-hydrogen) atoms. The molecule has 0 aliphatic carbocycles. The minimum Gasteiger partial charge on any atom is -0.261 e. The number of nitrogens with zero attached hydrogens (tertiary/aromatic N) is 2. The van der Waals surface area contributed by atoms with Crippen LogP contribution in [0, 0.1) is 6.90 Å². The molecule has 36 valence electrons. The zero-order valence-corrected chi connectivity index (χ0v) is 3.83. The normalized spacial score (nSPS) is 10.6. The number of aromatic nitrogens is 2. The van der Waals surface area contributed by atoms with Gasteiger partial charge in [-0.15, -0.1) is 0 Å². The van der Waals surface area contributed by atoms with E-state index in [1.165, 1.54) is 0 Å². The van der Waals surface area contributed by atoms with Crippen molar-refractivity contribution >= 4 is 0 Å². The summed E-state index contributed by atoms with van der Waals surface area (Å²) in [5.41, 5.74) is 0.715. The molecule has 0 spiro atoms. The molecular formula is C5H6N2. The molecule has 1 heterocycles. The number of hydrogen-bond acceptors (Lipinski definition) is 2. The largest absolute Gasteiger partial charge is 0.261 e. The average molecular weight is 95.1 g/mol. The minimum absolute atomic E-state index is 0.216. The Morgan fingerprint density at radius 3 is 3.14 bits per heavy atom. The lowest BCUT2D eigenvalue weighted by Gasteiger charge is -1.81. The molecule has 0 unspecified atom stereocenters. The first-order chi connectivity index (χ1) is 3.93. The smallest absolute Gasteiger partial charge is 0.0555 e. The highest BCUT2D eigenvalue weighted by Crippen LogP contribution is 1.81. The number of rotatable bonds is 0. The Morgan fingerprint density at radius 1 is 1.71 bits per heavy atom. The van der Waals surface area contributed by atoms with E-state index >= 15 is 0 Å². The summed E-state index contributed by atoms with van der Waals surface area (Å²) in [7, 11) is 0. The third-order valence-corrected chi connectivity index (χ3v) is 0.617. The van der Waals surface area contributed by atoms with Gasteiger partial charge in [-0.05, 0) is 6.90 Å². The molecule has 1 aromatic rings. The standard InChI is InChI=1S/C5H6N2/c1-5-4-6-2-3-7-5/h2-4H,1H3/i1D. The molecule has 0 saturated heterocycles. The number of hydrogen-bond donors (Lipinski definition) is 0. The van der Waals surface area contributed by atoms with E-state index in [0.717, 1.165) is 0 Å². The molecule has 1 rings (SSSR count). The molecule has 0 aliphatic rings. The molecule has 0 atom stereocenters. The van der Waals surface area contributed by atoms with Crippen LogP contribution in [0.15, 0.2) is 18.6 Å². The summed E-state index contributed by atoms with van der Waals surface area (Å²) in [6, 6.07) is 0. The van der Waals surface area contributed by atoms with Gasteiger partial charge in [0, 0.05) is 20.0 Å². The summed E-state index contributed by atoms with van der Waals surface area (Å²) in [6.45, 7) is 0.216. The fraction of sp³-hybridized carbons (Fsp3) is 0.200. The highest BCUT2D eigenvalue weighted by Gasteiger charge is 1.74. The van der Waals surface area contributed by atoms with E-state index in [0.29, 0.717) is 5.69 Å². The SMILES string of the molecule is [2H]Cc1cnccn1. The van der Waals surface area contributed by atoms with Crippen LogP contribution in [0.25, 0.3) is 0 Å². The van der Waals surface area contributed by atoms with Crippen molar-refractivity contribution in [2.45, 2.75) is 6.90 Å². The van der Waals surface area contributed by atoms with Crippen molar-refractivity contribution in [3.63, 3.8) is 0 Å². The quantitative estimate of drug-likeness (QED) is 0.476. The summed E-state index contributed by atoms with van der Waals surface area (Å²) < 4.78 is 6.84. The van der Waals surface area contributed by atoms with Crippen LogP contribution in [0.3, 0.4) is 0 Å². The van der Waals surface area contributed by atoms with Gasteiger partial charge >= 0.3 is 0 Å². The fourth-order valence-corrected chi connectivity index (χ4v) is 0.330. The Hall–Kier alpha value is -0.920. The maximum Gasteiger partial charge on any atom is 0.0555 e. The molecule has 0 fully saturated rings. The second-order valence-corrected chi connectivity index (χ2v) is 1.20. The maximum absolute atomic E-state index is 6.84. The van der Waals surface area contributed by atoms with Crippen LogP contribution in [0.2, 0.25) is 0 Å². The monoisotopic (exact) mass is 95.1 g/mol. The summed E-state index contributed by atoms with van der Waals surface area (Å²) in [5, 5.41) is 0. The Kier molecular flexibility index (Phi) is 0.754. The van der Waals surface area contributed by atoms with E-state index in [2.05, 4.69) is 9.97 Å². The lowest BCUT2D eigenvalue weighted by atomic mass is 10.5. The molecule has 0 bridgehead atoms. The molecule has 0 N–H and O–H groups in total. The van der Waals surface area contributed by atoms with Crippen molar-refractivity contribution in [2.24, 2.45) is 0 Å². The highest BCUT2D eigenvalue weighted by atomic mass is 14.7. The third kappa shape index (κ3) is 0.961. The molecule has 0 amide bonds. The van der Waals surface area contributed by atoms with Crippen molar-refractivity contribution in [1.82, 2.24) is 9.97 Å². The van der Waals surface area contributed by atoms with E-state index < -0.39 is 0 Å². The van der Waals surface area contributed by atoms with Gasteiger partial charge < -0.3 is 0 Å². The molecule has 0 aliphatic heterocycles. The lowest BCUT2D eigenvalue weighted by molar-refractivity contribution is 1.12. The van der Waals surface area contributed by atoms with Crippen molar-refractivity contribution < 1.29 is 1.37 Å². The van der Waals surface area contributed by atoms with E-state index in [-0.39, 0.29) is 6.90 Å². The van der Waals surface area contributed by atoms with Gasteiger partial charge in [-0.25, -0.2) is 0 Å². The first-order valence-electron chi connectivity index (χ1n) is 2.68. The summed E-state index contributed by atoms with van der Waals surface area (Å²) in [5.74, 6) is 0. The molecule has 0 aromatic carbocycles.